The van der Waals surface area contributed by atoms with Crippen LogP contribution in [-0.4, -0.2) is 28.7 Å². The predicted octanol–water partition coefficient (Wildman–Crippen LogP) is 3.03. The van der Waals surface area contributed by atoms with Crippen LogP contribution in [-0.2, 0) is 4.79 Å². The monoisotopic (exact) mass is 299 g/mol. The van der Waals surface area contributed by atoms with Gasteiger partial charge in [0.1, 0.15) is 5.54 Å². The first-order chi connectivity index (χ1) is 10.6. The number of urea groups is 1. The maximum atomic E-state index is 12.6. The van der Waals surface area contributed by atoms with Crippen molar-refractivity contribution in [2.24, 2.45) is 5.10 Å². The Morgan fingerprint density at radius 3 is 2.55 bits per heavy atom. The Labute approximate surface area is 130 Å². The van der Waals surface area contributed by atoms with Crippen molar-refractivity contribution in [1.82, 2.24) is 10.3 Å². The molecule has 2 fully saturated rings. The zero-order valence-electron chi connectivity index (χ0n) is 12.8. The molecule has 0 bridgehead atoms. The van der Waals surface area contributed by atoms with Gasteiger partial charge in [0.25, 0.3) is 5.91 Å². The van der Waals surface area contributed by atoms with Gasteiger partial charge in [-0.15, -0.1) is 5.01 Å². The zero-order chi connectivity index (χ0) is 15.6. The molecule has 2 aliphatic rings. The lowest BCUT2D eigenvalue weighted by Gasteiger charge is -2.29. The minimum absolute atomic E-state index is 0.0460. The summed E-state index contributed by atoms with van der Waals surface area (Å²) in [5.74, 6) is -0.154. The number of carbonyl (C=O) groups is 2. The summed E-state index contributed by atoms with van der Waals surface area (Å²) in [6, 6.07) is 9.49. The van der Waals surface area contributed by atoms with E-state index in [1.165, 1.54) is 0 Å². The third-order valence-electron chi connectivity index (χ3n) is 4.58. The van der Waals surface area contributed by atoms with E-state index in [0.717, 1.165) is 42.7 Å². The van der Waals surface area contributed by atoms with E-state index in [9.17, 15) is 9.59 Å². The first-order valence-corrected chi connectivity index (χ1v) is 7.88. The number of carbonyl (C=O) groups excluding carboxylic acids is 2. The van der Waals surface area contributed by atoms with Crippen molar-refractivity contribution in [2.75, 3.05) is 0 Å². The van der Waals surface area contributed by atoms with E-state index in [2.05, 4.69) is 10.4 Å². The van der Waals surface area contributed by atoms with Crippen LogP contribution in [0.2, 0.25) is 0 Å². The third-order valence-corrected chi connectivity index (χ3v) is 4.58. The standard InChI is InChI=1S/C17H21N3O2/c1-13(14-8-4-2-5-9-14)12-18-20-15(21)17(19-16(20)22)10-6-3-7-11-17/h2,4-5,8-9,12-13H,3,6-7,10-11H2,1H3,(H,19,22)/b18-12-/t13-/m1/s1. The highest BCUT2D eigenvalue weighted by Crippen LogP contribution is 2.33. The van der Waals surface area contributed by atoms with E-state index in [-0.39, 0.29) is 11.8 Å². The first kappa shape index (κ1) is 14.8. The molecule has 1 aromatic rings. The summed E-state index contributed by atoms with van der Waals surface area (Å²) in [5, 5.41) is 8.02. The molecule has 3 rings (SSSR count). The molecule has 1 N–H and O–H groups in total. The topological polar surface area (TPSA) is 61.8 Å². The van der Waals surface area contributed by atoms with Crippen molar-refractivity contribution >= 4 is 18.2 Å². The second-order valence-electron chi connectivity index (χ2n) is 6.15. The summed E-state index contributed by atoms with van der Waals surface area (Å²) in [5.41, 5.74) is 0.397. The second-order valence-corrected chi connectivity index (χ2v) is 6.15. The smallest absolute Gasteiger partial charge is 0.321 e. The third kappa shape index (κ3) is 2.63. The van der Waals surface area contributed by atoms with E-state index < -0.39 is 11.6 Å². The average molecular weight is 299 g/mol. The fourth-order valence-corrected chi connectivity index (χ4v) is 3.21. The van der Waals surface area contributed by atoms with Crippen molar-refractivity contribution in [3.8, 4) is 0 Å². The van der Waals surface area contributed by atoms with Crippen LogP contribution in [0.4, 0.5) is 4.79 Å². The van der Waals surface area contributed by atoms with Gasteiger partial charge in [0.15, 0.2) is 0 Å². The Hall–Kier alpha value is -2.17. The zero-order valence-corrected chi connectivity index (χ0v) is 12.8. The van der Waals surface area contributed by atoms with E-state index in [1.807, 2.05) is 37.3 Å². The van der Waals surface area contributed by atoms with Crippen LogP contribution in [0.3, 0.4) is 0 Å². The molecule has 1 aliphatic carbocycles. The Morgan fingerprint density at radius 2 is 1.86 bits per heavy atom. The minimum atomic E-state index is -0.706. The number of benzene rings is 1. The number of hydrazone groups is 1. The van der Waals surface area contributed by atoms with Crippen LogP contribution < -0.4 is 5.32 Å². The quantitative estimate of drug-likeness (QED) is 0.689. The van der Waals surface area contributed by atoms with Crippen LogP contribution in [0.15, 0.2) is 35.4 Å². The molecule has 3 amide bonds. The number of nitrogens with zero attached hydrogens (tertiary/aromatic N) is 2. The van der Waals surface area contributed by atoms with Crippen LogP contribution in [0.5, 0.6) is 0 Å². The molecule has 1 spiro atoms. The molecule has 116 valence electrons. The molecule has 5 nitrogen and oxygen atoms in total. The van der Waals surface area contributed by atoms with Gasteiger partial charge in [-0.05, 0) is 18.4 Å². The molecule has 1 aliphatic heterocycles. The van der Waals surface area contributed by atoms with Crippen LogP contribution >= 0.6 is 0 Å². The van der Waals surface area contributed by atoms with Crippen molar-refractivity contribution in [3.63, 3.8) is 0 Å². The Balaban J connectivity index is 1.73. The Kier molecular flexibility index (Phi) is 3.96. The fraction of sp³-hybridized carbons (Fsp3) is 0.471. The molecule has 0 aromatic heterocycles. The van der Waals surface area contributed by atoms with Crippen molar-refractivity contribution in [1.29, 1.82) is 0 Å². The summed E-state index contributed by atoms with van der Waals surface area (Å²) in [6.45, 7) is 1.99. The second kappa shape index (κ2) is 5.91. The maximum absolute atomic E-state index is 12.6. The van der Waals surface area contributed by atoms with Crippen LogP contribution in [0.25, 0.3) is 0 Å². The number of amides is 3. The lowest BCUT2D eigenvalue weighted by molar-refractivity contribution is -0.132. The predicted molar refractivity (Wildman–Crippen MR) is 84.5 cm³/mol. The highest BCUT2D eigenvalue weighted by atomic mass is 16.2. The molecular weight excluding hydrogens is 278 g/mol. The molecule has 0 unspecified atom stereocenters. The van der Waals surface area contributed by atoms with Gasteiger partial charge in [0.05, 0.1) is 0 Å². The van der Waals surface area contributed by atoms with E-state index in [1.54, 1.807) is 6.21 Å². The van der Waals surface area contributed by atoms with Gasteiger partial charge < -0.3 is 5.32 Å². The van der Waals surface area contributed by atoms with Gasteiger partial charge in [0.2, 0.25) is 0 Å². The lowest BCUT2D eigenvalue weighted by atomic mass is 9.82. The summed E-state index contributed by atoms with van der Waals surface area (Å²) in [7, 11) is 0. The SMILES string of the molecule is C[C@H](/C=N\N1C(=O)NC2(CCCCC2)C1=O)c1ccccc1. The van der Waals surface area contributed by atoms with Gasteiger partial charge in [-0.25, -0.2) is 4.79 Å². The largest absolute Gasteiger partial charge is 0.346 e. The van der Waals surface area contributed by atoms with Crippen LogP contribution in [0, 0.1) is 0 Å². The minimum Gasteiger partial charge on any atom is -0.321 e. The molecule has 1 heterocycles. The maximum Gasteiger partial charge on any atom is 0.346 e. The molecule has 0 radical (unpaired) electrons. The number of rotatable bonds is 3. The summed E-state index contributed by atoms with van der Waals surface area (Å²) >= 11 is 0. The molecule has 1 saturated heterocycles. The molecule has 5 heteroatoms. The molecular formula is C17H21N3O2. The number of imide groups is 1. The average Bonchev–Trinajstić information content (AvgIpc) is 2.77. The van der Waals surface area contributed by atoms with Gasteiger partial charge in [0, 0.05) is 12.1 Å². The summed E-state index contributed by atoms with van der Waals surface area (Å²) in [6.07, 6.45) is 6.18. The highest BCUT2D eigenvalue weighted by molar-refractivity contribution is 6.07. The summed E-state index contributed by atoms with van der Waals surface area (Å²) < 4.78 is 0. The van der Waals surface area contributed by atoms with Crippen molar-refractivity contribution in [2.45, 2.75) is 50.5 Å². The Morgan fingerprint density at radius 1 is 1.18 bits per heavy atom. The number of hydrogen-bond acceptors (Lipinski definition) is 3. The summed E-state index contributed by atoms with van der Waals surface area (Å²) in [4.78, 5) is 24.7. The molecule has 1 atom stereocenters. The first-order valence-electron chi connectivity index (χ1n) is 7.88. The molecule has 1 saturated carbocycles. The fourth-order valence-electron chi connectivity index (χ4n) is 3.21. The van der Waals surface area contributed by atoms with Crippen LogP contribution in [0.1, 0.15) is 50.5 Å². The van der Waals surface area contributed by atoms with Gasteiger partial charge in [-0.1, -0.05) is 56.5 Å². The number of hydrogen-bond donors (Lipinski definition) is 1. The van der Waals surface area contributed by atoms with E-state index in [4.69, 9.17) is 0 Å². The van der Waals surface area contributed by atoms with Gasteiger partial charge in [-0.2, -0.15) is 5.10 Å². The Bertz CT molecular complexity index is 591. The number of nitrogens with one attached hydrogen (secondary N) is 1. The van der Waals surface area contributed by atoms with Gasteiger partial charge >= 0.3 is 6.03 Å². The molecule has 22 heavy (non-hydrogen) atoms. The van der Waals surface area contributed by atoms with Crippen molar-refractivity contribution < 1.29 is 9.59 Å². The van der Waals surface area contributed by atoms with Gasteiger partial charge in [-0.3, -0.25) is 4.79 Å². The highest BCUT2D eigenvalue weighted by Gasteiger charge is 2.51. The molecule has 1 aromatic carbocycles. The lowest BCUT2D eigenvalue weighted by Crippen LogP contribution is -2.48. The van der Waals surface area contributed by atoms with E-state index >= 15 is 0 Å². The van der Waals surface area contributed by atoms with E-state index in [0.29, 0.717) is 0 Å². The van der Waals surface area contributed by atoms with Crippen molar-refractivity contribution in [3.05, 3.63) is 35.9 Å². The normalized spacial score (nSPS) is 22.3.